The van der Waals surface area contributed by atoms with E-state index in [2.05, 4.69) is 6.58 Å². The second kappa shape index (κ2) is 5.44. The lowest BCUT2D eigenvalue weighted by atomic mass is 9.74. The minimum atomic E-state index is -1.00. The Morgan fingerprint density at radius 2 is 2.24 bits per heavy atom. The molecule has 6 heteroatoms. The highest BCUT2D eigenvalue weighted by atomic mass is 35.5. The summed E-state index contributed by atoms with van der Waals surface area (Å²) in [5.74, 6) is -2.83. The Bertz CT molecular complexity index is 819. The molecule has 1 spiro atoms. The van der Waals surface area contributed by atoms with Gasteiger partial charge in [0.2, 0.25) is 5.91 Å². The number of carbonyl (C=O) groups is 2. The van der Waals surface area contributed by atoms with Gasteiger partial charge in [-0.15, -0.1) is 6.58 Å². The fourth-order valence-electron chi connectivity index (χ4n) is 4.45. The molecule has 0 saturated carbocycles. The van der Waals surface area contributed by atoms with Crippen molar-refractivity contribution in [2.24, 2.45) is 11.8 Å². The SMILES string of the molecule is C=C(C)C[C@@H]1N(c2cccc(Cl)c2)C(=O)[C@H]2[C@@H](C(=O)O)[C@@H]3C=C[C@@]12O3. The summed E-state index contributed by atoms with van der Waals surface area (Å²) in [6.07, 6.45) is 3.62. The number of amides is 1. The van der Waals surface area contributed by atoms with Gasteiger partial charge < -0.3 is 14.7 Å². The molecule has 3 aliphatic heterocycles. The van der Waals surface area contributed by atoms with Crippen LogP contribution in [0.1, 0.15) is 13.3 Å². The van der Waals surface area contributed by atoms with Crippen molar-refractivity contribution < 1.29 is 19.4 Å². The normalized spacial score (nSPS) is 35.3. The first-order chi connectivity index (χ1) is 11.8. The van der Waals surface area contributed by atoms with Gasteiger partial charge in [-0.2, -0.15) is 0 Å². The van der Waals surface area contributed by atoms with Gasteiger partial charge in [-0.25, -0.2) is 0 Å². The van der Waals surface area contributed by atoms with Gasteiger partial charge in [0.15, 0.2) is 0 Å². The summed E-state index contributed by atoms with van der Waals surface area (Å²) in [5.41, 5.74) is 0.628. The van der Waals surface area contributed by atoms with Crippen LogP contribution in [0, 0.1) is 11.8 Å². The number of aliphatic carboxylic acids is 1. The predicted molar refractivity (Wildman–Crippen MR) is 93.5 cm³/mol. The van der Waals surface area contributed by atoms with Crippen molar-refractivity contribution >= 4 is 29.2 Å². The molecule has 5 atom stereocenters. The molecular formula is C19H18ClNO4. The Morgan fingerprint density at radius 3 is 2.88 bits per heavy atom. The number of hydrogen-bond acceptors (Lipinski definition) is 3. The van der Waals surface area contributed by atoms with Crippen LogP contribution >= 0.6 is 11.6 Å². The van der Waals surface area contributed by atoms with E-state index in [0.717, 1.165) is 5.57 Å². The highest BCUT2D eigenvalue weighted by molar-refractivity contribution is 6.31. The summed E-state index contributed by atoms with van der Waals surface area (Å²) in [7, 11) is 0. The summed E-state index contributed by atoms with van der Waals surface area (Å²) in [4.78, 5) is 26.7. The molecule has 1 amide bonds. The van der Waals surface area contributed by atoms with Crippen molar-refractivity contribution in [3.63, 3.8) is 0 Å². The molecule has 130 valence electrons. The highest BCUT2D eigenvalue weighted by Gasteiger charge is 2.71. The molecule has 2 saturated heterocycles. The van der Waals surface area contributed by atoms with Crippen LogP contribution in [0.4, 0.5) is 5.69 Å². The van der Waals surface area contributed by atoms with E-state index in [4.69, 9.17) is 16.3 Å². The quantitative estimate of drug-likeness (QED) is 0.839. The highest BCUT2D eigenvalue weighted by Crippen LogP contribution is 2.56. The standard InChI is InChI=1S/C19H18ClNO4/c1-10(2)8-14-19-7-6-13(25-19)15(18(23)24)16(19)17(22)21(14)12-5-3-4-11(20)9-12/h3-7,9,13-16H,1,8H2,2H3,(H,23,24)/t13-,14-,15-,16+,19+/m0/s1. The molecule has 2 bridgehead atoms. The summed E-state index contributed by atoms with van der Waals surface area (Å²) in [6.45, 7) is 5.87. The van der Waals surface area contributed by atoms with E-state index in [1.807, 2.05) is 13.0 Å². The fourth-order valence-corrected chi connectivity index (χ4v) is 4.63. The molecule has 3 aliphatic rings. The first kappa shape index (κ1) is 16.4. The third kappa shape index (κ3) is 2.19. The lowest BCUT2D eigenvalue weighted by molar-refractivity contribution is -0.146. The Labute approximate surface area is 150 Å². The van der Waals surface area contributed by atoms with Crippen molar-refractivity contribution in [2.45, 2.75) is 31.1 Å². The number of fused-ring (bicyclic) bond motifs is 1. The number of rotatable bonds is 4. The van der Waals surface area contributed by atoms with Gasteiger partial charge in [0.05, 0.1) is 18.1 Å². The monoisotopic (exact) mass is 359 g/mol. The van der Waals surface area contributed by atoms with E-state index < -0.39 is 29.5 Å². The molecule has 2 fully saturated rings. The molecule has 0 radical (unpaired) electrons. The first-order valence-corrected chi connectivity index (χ1v) is 8.56. The van der Waals surface area contributed by atoms with Crippen molar-refractivity contribution in [3.8, 4) is 0 Å². The second-order valence-corrected chi connectivity index (χ2v) is 7.44. The van der Waals surface area contributed by atoms with Gasteiger partial charge in [-0.1, -0.05) is 35.4 Å². The average molecular weight is 360 g/mol. The van der Waals surface area contributed by atoms with Crippen molar-refractivity contribution in [1.82, 2.24) is 0 Å². The summed E-state index contributed by atoms with van der Waals surface area (Å²) in [6, 6.07) is 6.69. The van der Waals surface area contributed by atoms with Gasteiger partial charge in [0.1, 0.15) is 11.5 Å². The Morgan fingerprint density at radius 1 is 1.48 bits per heavy atom. The summed E-state index contributed by atoms with van der Waals surface area (Å²) in [5, 5.41) is 10.2. The number of halogens is 1. The molecule has 1 aromatic carbocycles. The summed E-state index contributed by atoms with van der Waals surface area (Å²) < 4.78 is 6.10. The maximum atomic E-state index is 13.3. The van der Waals surface area contributed by atoms with E-state index in [1.165, 1.54) is 0 Å². The maximum Gasteiger partial charge on any atom is 0.310 e. The lowest BCUT2D eigenvalue weighted by Gasteiger charge is -2.33. The number of carboxylic acids is 1. The van der Waals surface area contributed by atoms with Crippen LogP contribution in [-0.2, 0) is 14.3 Å². The van der Waals surface area contributed by atoms with Gasteiger partial charge in [-0.3, -0.25) is 9.59 Å². The topological polar surface area (TPSA) is 66.8 Å². The van der Waals surface area contributed by atoms with E-state index >= 15 is 0 Å². The molecule has 3 heterocycles. The lowest BCUT2D eigenvalue weighted by Crippen LogP contribution is -2.45. The van der Waals surface area contributed by atoms with E-state index in [9.17, 15) is 14.7 Å². The predicted octanol–water partition coefficient (Wildman–Crippen LogP) is 3.05. The van der Waals surface area contributed by atoms with E-state index in [0.29, 0.717) is 17.1 Å². The third-order valence-electron chi connectivity index (χ3n) is 5.34. The molecule has 1 aromatic rings. The van der Waals surface area contributed by atoms with Crippen LogP contribution < -0.4 is 4.90 Å². The van der Waals surface area contributed by atoms with Crippen LogP contribution in [0.25, 0.3) is 0 Å². The van der Waals surface area contributed by atoms with Crippen molar-refractivity contribution in [3.05, 3.63) is 53.6 Å². The zero-order chi connectivity index (χ0) is 17.9. The van der Waals surface area contributed by atoms with Crippen LogP contribution in [-0.4, -0.2) is 34.7 Å². The van der Waals surface area contributed by atoms with Gasteiger partial charge in [0, 0.05) is 10.7 Å². The number of benzene rings is 1. The molecule has 0 aliphatic carbocycles. The first-order valence-electron chi connectivity index (χ1n) is 8.18. The van der Waals surface area contributed by atoms with Crippen molar-refractivity contribution in [1.29, 1.82) is 0 Å². The zero-order valence-electron chi connectivity index (χ0n) is 13.7. The number of hydrogen-bond donors (Lipinski definition) is 1. The van der Waals surface area contributed by atoms with Crippen molar-refractivity contribution in [2.75, 3.05) is 4.90 Å². The number of carboxylic acid groups (broad SMARTS) is 1. The molecular weight excluding hydrogens is 342 g/mol. The zero-order valence-corrected chi connectivity index (χ0v) is 14.4. The van der Waals surface area contributed by atoms with E-state index in [-0.39, 0.29) is 11.9 Å². The second-order valence-electron chi connectivity index (χ2n) is 7.00. The van der Waals surface area contributed by atoms with E-state index in [1.54, 1.807) is 35.2 Å². The Kier molecular flexibility index (Phi) is 3.56. The largest absolute Gasteiger partial charge is 0.481 e. The molecule has 0 unspecified atom stereocenters. The minimum Gasteiger partial charge on any atom is -0.481 e. The van der Waals surface area contributed by atoms with Gasteiger partial charge in [-0.05, 0) is 31.5 Å². The number of ether oxygens (including phenoxy) is 1. The molecule has 0 aromatic heterocycles. The third-order valence-corrected chi connectivity index (χ3v) is 5.57. The smallest absolute Gasteiger partial charge is 0.310 e. The maximum absolute atomic E-state index is 13.3. The summed E-state index contributed by atoms with van der Waals surface area (Å²) >= 11 is 6.11. The molecule has 25 heavy (non-hydrogen) atoms. The number of carbonyl (C=O) groups excluding carboxylic acids is 1. The molecule has 5 nitrogen and oxygen atoms in total. The van der Waals surface area contributed by atoms with Crippen LogP contribution in [0.3, 0.4) is 0 Å². The fraction of sp³-hybridized carbons (Fsp3) is 0.368. The van der Waals surface area contributed by atoms with Crippen LogP contribution in [0.2, 0.25) is 5.02 Å². The minimum absolute atomic E-state index is 0.229. The molecule has 4 rings (SSSR count). The van der Waals surface area contributed by atoms with Gasteiger partial charge in [0.25, 0.3) is 0 Å². The van der Waals surface area contributed by atoms with Gasteiger partial charge >= 0.3 is 5.97 Å². The van der Waals surface area contributed by atoms with Crippen LogP contribution in [0.15, 0.2) is 48.6 Å². The number of nitrogens with zero attached hydrogens (tertiary/aromatic N) is 1. The molecule has 1 N–H and O–H groups in total. The number of anilines is 1. The Hall–Kier alpha value is -2.11. The average Bonchev–Trinajstić information content (AvgIpc) is 3.16. The Balaban J connectivity index is 1.85. The van der Waals surface area contributed by atoms with Crippen LogP contribution in [0.5, 0.6) is 0 Å².